The van der Waals surface area contributed by atoms with Crippen LogP contribution < -0.4 is 5.73 Å². The minimum atomic E-state index is 0.00565. The monoisotopic (exact) mass is 269 g/mol. The molecule has 1 aliphatic carbocycles. The van der Waals surface area contributed by atoms with Crippen LogP contribution in [-0.4, -0.2) is 35.0 Å². The molecule has 1 aromatic heterocycles. The van der Waals surface area contributed by atoms with E-state index in [-0.39, 0.29) is 11.9 Å². The van der Waals surface area contributed by atoms with E-state index >= 15 is 0 Å². The Morgan fingerprint density at radius 1 is 1.67 bits per heavy atom. The third-order valence-electron chi connectivity index (χ3n) is 3.65. The minimum absolute atomic E-state index is 0.00565. The first-order valence-corrected chi connectivity index (χ1v) is 6.79. The average molecular weight is 270 g/mol. The number of halogens is 1. The Hall–Kier alpha value is -1.00. The van der Waals surface area contributed by atoms with Crippen LogP contribution in [0, 0.1) is 5.92 Å². The summed E-state index contributed by atoms with van der Waals surface area (Å²) in [5.41, 5.74) is 6.42. The Balaban J connectivity index is 2.18. The van der Waals surface area contributed by atoms with Gasteiger partial charge >= 0.3 is 0 Å². The van der Waals surface area contributed by atoms with Crippen LogP contribution in [0.2, 0.25) is 5.02 Å². The number of likely N-dealkylation sites (N-methyl/N-ethyl adjacent to an activating group) is 1. The van der Waals surface area contributed by atoms with Crippen molar-refractivity contribution in [2.75, 3.05) is 13.6 Å². The van der Waals surface area contributed by atoms with Crippen LogP contribution in [0.5, 0.6) is 0 Å². The second-order valence-electron chi connectivity index (χ2n) is 4.89. The van der Waals surface area contributed by atoms with Crippen molar-refractivity contribution in [3.63, 3.8) is 0 Å². The number of rotatable bonds is 5. The number of hydrogen-bond acceptors (Lipinski definition) is 2. The van der Waals surface area contributed by atoms with Crippen molar-refractivity contribution in [2.24, 2.45) is 11.7 Å². The number of carbonyl (C=O) groups excluding carboxylic acids is 1. The van der Waals surface area contributed by atoms with Crippen LogP contribution in [-0.2, 0) is 6.54 Å². The lowest BCUT2D eigenvalue weighted by atomic mass is 10.1. The fourth-order valence-electron chi connectivity index (χ4n) is 2.39. The molecule has 1 amide bonds. The number of nitrogens with zero attached hydrogens (tertiary/aromatic N) is 2. The van der Waals surface area contributed by atoms with Crippen LogP contribution in [0.1, 0.15) is 30.3 Å². The maximum Gasteiger partial charge on any atom is 0.270 e. The lowest BCUT2D eigenvalue weighted by Crippen LogP contribution is -2.43. The molecule has 1 atom stereocenters. The Kier molecular flexibility index (Phi) is 3.97. The van der Waals surface area contributed by atoms with Crippen molar-refractivity contribution in [3.8, 4) is 0 Å². The molecule has 0 aliphatic heterocycles. The van der Waals surface area contributed by atoms with Gasteiger partial charge in [-0.1, -0.05) is 11.6 Å². The fourth-order valence-corrected chi connectivity index (χ4v) is 2.62. The number of hydrogen-bond donors (Lipinski definition) is 1. The Morgan fingerprint density at radius 3 is 2.83 bits per heavy atom. The van der Waals surface area contributed by atoms with Crippen molar-refractivity contribution in [1.82, 2.24) is 9.47 Å². The van der Waals surface area contributed by atoms with E-state index in [4.69, 9.17) is 17.3 Å². The molecule has 1 saturated carbocycles. The summed E-state index contributed by atoms with van der Waals surface area (Å²) in [5.74, 6) is 0.579. The van der Waals surface area contributed by atoms with E-state index in [9.17, 15) is 4.79 Å². The zero-order valence-electron chi connectivity index (χ0n) is 10.9. The largest absolute Gasteiger partial charge is 0.342 e. The molecule has 0 radical (unpaired) electrons. The normalized spacial score (nSPS) is 16.7. The predicted molar refractivity (Wildman–Crippen MR) is 72.8 cm³/mol. The molecule has 2 rings (SSSR count). The van der Waals surface area contributed by atoms with E-state index in [1.807, 2.05) is 18.5 Å². The maximum absolute atomic E-state index is 12.5. The number of nitrogens with two attached hydrogens (primary N) is 1. The first-order chi connectivity index (χ1) is 8.58. The van der Waals surface area contributed by atoms with Gasteiger partial charge in [-0.25, -0.2) is 0 Å². The molecule has 1 unspecified atom stereocenters. The number of aryl methyl sites for hydroxylation is 1. The van der Waals surface area contributed by atoms with Gasteiger partial charge in [-0.05, 0) is 31.7 Å². The van der Waals surface area contributed by atoms with E-state index in [0.717, 1.165) is 6.54 Å². The molecule has 0 spiro atoms. The van der Waals surface area contributed by atoms with Crippen molar-refractivity contribution in [2.45, 2.75) is 32.4 Å². The zero-order valence-corrected chi connectivity index (χ0v) is 11.7. The topological polar surface area (TPSA) is 51.3 Å². The van der Waals surface area contributed by atoms with Crippen LogP contribution in [0.3, 0.4) is 0 Å². The summed E-state index contributed by atoms with van der Waals surface area (Å²) in [6.45, 7) is 3.25. The first kappa shape index (κ1) is 13.4. The standard InChI is InChI=1S/C13H20ClN3O/c1-3-17-8-10(14)6-11(17)13(18)16(2)12(7-15)9-4-5-9/h6,8-9,12H,3-5,7,15H2,1-2H3. The highest BCUT2D eigenvalue weighted by molar-refractivity contribution is 6.31. The molecule has 1 aliphatic rings. The molecule has 0 saturated heterocycles. The van der Waals surface area contributed by atoms with E-state index in [1.165, 1.54) is 12.8 Å². The van der Waals surface area contributed by atoms with Crippen molar-refractivity contribution >= 4 is 17.5 Å². The van der Waals surface area contributed by atoms with Gasteiger partial charge in [0.05, 0.1) is 5.02 Å². The summed E-state index contributed by atoms with van der Waals surface area (Å²) in [7, 11) is 1.83. The Morgan fingerprint density at radius 2 is 2.33 bits per heavy atom. The first-order valence-electron chi connectivity index (χ1n) is 6.41. The van der Waals surface area contributed by atoms with Crippen LogP contribution in [0.15, 0.2) is 12.3 Å². The van der Waals surface area contributed by atoms with E-state index in [1.54, 1.807) is 17.2 Å². The summed E-state index contributed by atoms with van der Waals surface area (Å²) >= 11 is 5.97. The van der Waals surface area contributed by atoms with E-state index < -0.39 is 0 Å². The Bertz CT molecular complexity index is 439. The third kappa shape index (κ3) is 2.54. The number of amides is 1. The quantitative estimate of drug-likeness (QED) is 0.889. The highest BCUT2D eigenvalue weighted by Crippen LogP contribution is 2.35. The lowest BCUT2D eigenvalue weighted by molar-refractivity contribution is 0.0708. The van der Waals surface area contributed by atoms with Crippen molar-refractivity contribution in [3.05, 3.63) is 23.0 Å². The van der Waals surface area contributed by atoms with Gasteiger partial charge in [0.1, 0.15) is 5.69 Å². The SMILES string of the molecule is CCn1cc(Cl)cc1C(=O)N(C)C(CN)C1CC1. The van der Waals surface area contributed by atoms with Gasteiger partial charge in [0.15, 0.2) is 0 Å². The van der Waals surface area contributed by atoms with Crippen LogP contribution in [0.25, 0.3) is 0 Å². The number of aromatic nitrogens is 1. The molecular weight excluding hydrogens is 250 g/mol. The van der Waals surface area contributed by atoms with Gasteiger partial charge < -0.3 is 15.2 Å². The second kappa shape index (κ2) is 5.33. The van der Waals surface area contributed by atoms with Gasteiger partial charge in [-0.15, -0.1) is 0 Å². The summed E-state index contributed by atoms with van der Waals surface area (Å²) in [6, 6.07) is 1.88. The van der Waals surface area contributed by atoms with Gasteiger partial charge in [0.25, 0.3) is 5.91 Å². The predicted octanol–water partition coefficient (Wildman–Crippen LogP) is 1.97. The molecule has 4 nitrogen and oxygen atoms in total. The minimum Gasteiger partial charge on any atom is -0.342 e. The fraction of sp³-hybridized carbons (Fsp3) is 0.615. The van der Waals surface area contributed by atoms with Gasteiger partial charge in [-0.2, -0.15) is 0 Å². The lowest BCUT2D eigenvalue weighted by Gasteiger charge is -2.27. The summed E-state index contributed by atoms with van der Waals surface area (Å²) in [6.07, 6.45) is 4.14. The van der Waals surface area contributed by atoms with Gasteiger partial charge in [-0.3, -0.25) is 4.79 Å². The highest BCUT2D eigenvalue weighted by atomic mass is 35.5. The smallest absolute Gasteiger partial charge is 0.270 e. The van der Waals surface area contributed by atoms with E-state index in [0.29, 0.717) is 23.2 Å². The highest BCUT2D eigenvalue weighted by Gasteiger charge is 2.35. The van der Waals surface area contributed by atoms with Gasteiger partial charge in [0, 0.05) is 32.4 Å². The Labute approximate surface area is 113 Å². The molecule has 5 heteroatoms. The summed E-state index contributed by atoms with van der Waals surface area (Å²) < 4.78 is 1.88. The van der Waals surface area contributed by atoms with E-state index in [2.05, 4.69) is 0 Å². The molecule has 0 aromatic carbocycles. The van der Waals surface area contributed by atoms with Crippen molar-refractivity contribution in [1.29, 1.82) is 0 Å². The summed E-state index contributed by atoms with van der Waals surface area (Å²) in [5, 5.41) is 0.601. The molecule has 1 fully saturated rings. The molecule has 2 N–H and O–H groups in total. The van der Waals surface area contributed by atoms with Crippen LogP contribution in [0.4, 0.5) is 0 Å². The van der Waals surface area contributed by atoms with Gasteiger partial charge in [0.2, 0.25) is 0 Å². The third-order valence-corrected chi connectivity index (χ3v) is 3.86. The van der Waals surface area contributed by atoms with Crippen molar-refractivity contribution < 1.29 is 4.79 Å². The molecule has 18 heavy (non-hydrogen) atoms. The molecule has 0 bridgehead atoms. The summed E-state index contributed by atoms with van der Waals surface area (Å²) in [4.78, 5) is 14.2. The maximum atomic E-state index is 12.5. The van der Waals surface area contributed by atoms with Crippen LogP contribution >= 0.6 is 11.6 Å². The average Bonchev–Trinajstić information content (AvgIpc) is 3.11. The second-order valence-corrected chi connectivity index (χ2v) is 5.32. The molecule has 100 valence electrons. The molecule has 1 aromatic rings. The zero-order chi connectivity index (χ0) is 13.3. The number of carbonyl (C=O) groups is 1. The molecular formula is C13H20ClN3O. The molecule has 1 heterocycles.